The Morgan fingerprint density at radius 1 is 1.03 bits per heavy atom. The average Bonchev–Trinajstić information content (AvgIpc) is 3.12. The number of nitrogen functional groups attached to an aromatic ring is 2. The first-order chi connectivity index (χ1) is 15.4. The number of anilines is 2. The van der Waals surface area contributed by atoms with Crippen molar-refractivity contribution in [3.05, 3.63) is 77.0 Å². The van der Waals surface area contributed by atoms with Crippen LogP contribution in [0.4, 0.5) is 11.4 Å². The summed E-state index contributed by atoms with van der Waals surface area (Å²) in [5.74, 6) is 0.0388. The standard InChI is InChI=1S/C25H24N2O5/c1-2-6-20-23(24(29)15-9-17(26)25(30)18(27)10-15)16-11-19(28)22(12-21(16)32-20)31-13-14-7-4-3-5-8-14/h3-5,7-12,28,30H,2,6,13,26-27H2,1H3. The van der Waals surface area contributed by atoms with Crippen LogP contribution in [0.25, 0.3) is 11.0 Å². The Balaban J connectivity index is 1.76. The Labute approximate surface area is 184 Å². The molecule has 3 aromatic carbocycles. The first kappa shape index (κ1) is 21.1. The first-order valence-electron chi connectivity index (χ1n) is 10.3. The number of hydrogen-bond donors (Lipinski definition) is 4. The Hall–Kier alpha value is -4.13. The lowest BCUT2D eigenvalue weighted by molar-refractivity contribution is 0.103. The van der Waals surface area contributed by atoms with E-state index >= 15 is 0 Å². The van der Waals surface area contributed by atoms with Crippen LogP contribution in [-0.2, 0) is 13.0 Å². The van der Waals surface area contributed by atoms with Gasteiger partial charge >= 0.3 is 0 Å². The van der Waals surface area contributed by atoms with Gasteiger partial charge in [-0.05, 0) is 30.2 Å². The lowest BCUT2D eigenvalue weighted by Crippen LogP contribution is -2.06. The second-order valence-electron chi connectivity index (χ2n) is 7.57. The number of fused-ring (bicyclic) bond motifs is 1. The summed E-state index contributed by atoms with van der Waals surface area (Å²) in [6, 6.07) is 15.4. The molecule has 164 valence electrons. The fraction of sp³-hybridized carbons (Fsp3) is 0.160. The van der Waals surface area contributed by atoms with E-state index in [1.54, 1.807) is 6.07 Å². The van der Waals surface area contributed by atoms with Crippen molar-refractivity contribution in [1.82, 2.24) is 0 Å². The average molecular weight is 432 g/mol. The maximum Gasteiger partial charge on any atom is 0.197 e. The van der Waals surface area contributed by atoms with Crippen LogP contribution in [0.3, 0.4) is 0 Å². The molecule has 0 radical (unpaired) electrons. The van der Waals surface area contributed by atoms with Crippen molar-refractivity contribution < 1.29 is 24.2 Å². The highest BCUT2D eigenvalue weighted by Gasteiger charge is 2.24. The number of aromatic hydroxyl groups is 2. The Morgan fingerprint density at radius 2 is 1.72 bits per heavy atom. The molecular formula is C25H24N2O5. The highest BCUT2D eigenvalue weighted by molar-refractivity contribution is 6.18. The molecule has 7 nitrogen and oxygen atoms in total. The minimum Gasteiger partial charge on any atom is -0.504 e. The highest BCUT2D eigenvalue weighted by Crippen LogP contribution is 2.38. The minimum atomic E-state index is -0.358. The second-order valence-corrected chi connectivity index (χ2v) is 7.57. The normalized spacial score (nSPS) is 11.0. The molecule has 4 rings (SSSR count). The molecule has 7 heteroatoms. The summed E-state index contributed by atoms with van der Waals surface area (Å²) in [6.45, 7) is 2.25. The summed E-state index contributed by atoms with van der Waals surface area (Å²) in [4.78, 5) is 13.4. The van der Waals surface area contributed by atoms with Crippen LogP contribution in [0.1, 0.15) is 40.6 Å². The maximum atomic E-state index is 13.4. The number of ether oxygens (including phenoxy) is 1. The van der Waals surface area contributed by atoms with Gasteiger partial charge < -0.3 is 30.8 Å². The van der Waals surface area contributed by atoms with E-state index in [0.29, 0.717) is 28.7 Å². The zero-order valence-corrected chi connectivity index (χ0v) is 17.6. The van der Waals surface area contributed by atoms with Crippen molar-refractivity contribution in [2.24, 2.45) is 0 Å². The lowest BCUT2D eigenvalue weighted by atomic mass is 9.97. The molecule has 4 aromatic rings. The summed E-state index contributed by atoms with van der Waals surface area (Å²) in [6.07, 6.45) is 1.28. The van der Waals surface area contributed by atoms with Crippen LogP contribution in [0.2, 0.25) is 0 Å². The molecule has 1 heterocycles. The van der Waals surface area contributed by atoms with Crippen molar-refractivity contribution in [3.8, 4) is 17.2 Å². The number of aryl methyl sites for hydroxylation is 1. The molecule has 0 aliphatic rings. The van der Waals surface area contributed by atoms with E-state index in [2.05, 4.69) is 0 Å². The number of benzene rings is 3. The molecule has 32 heavy (non-hydrogen) atoms. The third kappa shape index (κ3) is 3.92. The number of phenolic OH excluding ortho intramolecular Hbond substituents is 2. The number of carbonyl (C=O) groups excluding carboxylic acids is 1. The van der Waals surface area contributed by atoms with Crippen LogP contribution in [0.15, 0.2) is 59.0 Å². The van der Waals surface area contributed by atoms with Gasteiger partial charge in [0.15, 0.2) is 23.0 Å². The van der Waals surface area contributed by atoms with Gasteiger partial charge in [0.05, 0.1) is 16.9 Å². The third-order valence-electron chi connectivity index (χ3n) is 5.21. The van der Waals surface area contributed by atoms with Crippen LogP contribution >= 0.6 is 0 Å². The number of furan rings is 1. The fourth-order valence-electron chi connectivity index (χ4n) is 3.62. The van der Waals surface area contributed by atoms with Gasteiger partial charge in [0, 0.05) is 23.4 Å². The van der Waals surface area contributed by atoms with Gasteiger partial charge in [-0.25, -0.2) is 0 Å². The van der Waals surface area contributed by atoms with E-state index in [1.807, 2.05) is 37.3 Å². The SMILES string of the molecule is CCCc1oc2cc(OCc3ccccc3)c(O)cc2c1C(=O)c1cc(N)c(O)c(N)c1. The van der Waals surface area contributed by atoms with Crippen molar-refractivity contribution in [2.75, 3.05) is 11.5 Å². The Kier molecular flexibility index (Phi) is 5.64. The predicted octanol–water partition coefficient (Wildman–Crippen LogP) is 4.77. The monoisotopic (exact) mass is 432 g/mol. The van der Waals surface area contributed by atoms with Gasteiger partial charge in [-0.15, -0.1) is 0 Å². The summed E-state index contributed by atoms with van der Waals surface area (Å²) < 4.78 is 11.8. The molecule has 0 fully saturated rings. The van der Waals surface area contributed by atoms with Crippen LogP contribution in [0, 0.1) is 0 Å². The van der Waals surface area contributed by atoms with E-state index in [9.17, 15) is 15.0 Å². The Bertz CT molecular complexity index is 1270. The van der Waals surface area contributed by atoms with E-state index in [-0.39, 0.29) is 46.6 Å². The summed E-state index contributed by atoms with van der Waals surface area (Å²) >= 11 is 0. The van der Waals surface area contributed by atoms with E-state index in [1.165, 1.54) is 18.2 Å². The molecule has 0 aliphatic carbocycles. The zero-order valence-electron chi connectivity index (χ0n) is 17.6. The largest absolute Gasteiger partial charge is 0.504 e. The smallest absolute Gasteiger partial charge is 0.197 e. The number of nitrogens with two attached hydrogens (primary N) is 2. The van der Waals surface area contributed by atoms with Crippen LogP contribution < -0.4 is 16.2 Å². The van der Waals surface area contributed by atoms with E-state index < -0.39 is 0 Å². The van der Waals surface area contributed by atoms with Gasteiger partial charge in [-0.2, -0.15) is 0 Å². The molecule has 0 saturated carbocycles. The van der Waals surface area contributed by atoms with Gasteiger partial charge in [0.1, 0.15) is 18.0 Å². The van der Waals surface area contributed by atoms with Gasteiger partial charge in [-0.3, -0.25) is 4.79 Å². The van der Waals surface area contributed by atoms with Gasteiger partial charge in [-0.1, -0.05) is 37.3 Å². The zero-order chi connectivity index (χ0) is 22.8. The maximum absolute atomic E-state index is 13.4. The fourth-order valence-corrected chi connectivity index (χ4v) is 3.62. The molecule has 1 aromatic heterocycles. The molecule has 0 saturated heterocycles. The summed E-state index contributed by atoms with van der Waals surface area (Å²) in [7, 11) is 0. The molecule has 0 aliphatic heterocycles. The van der Waals surface area contributed by atoms with E-state index in [0.717, 1.165) is 12.0 Å². The topological polar surface area (TPSA) is 132 Å². The molecule has 0 amide bonds. The van der Waals surface area contributed by atoms with Crippen LogP contribution in [-0.4, -0.2) is 16.0 Å². The summed E-state index contributed by atoms with van der Waals surface area (Å²) in [5, 5.41) is 20.9. The lowest BCUT2D eigenvalue weighted by Gasteiger charge is -2.09. The van der Waals surface area contributed by atoms with Gasteiger partial charge in [0.25, 0.3) is 0 Å². The second kappa shape index (κ2) is 8.55. The van der Waals surface area contributed by atoms with Crippen molar-refractivity contribution >= 4 is 28.1 Å². The summed E-state index contributed by atoms with van der Waals surface area (Å²) in [5.41, 5.74) is 13.5. The van der Waals surface area contributed by atoms with Crippen molar-refractivity contribution in [1.29, 1.82) is 0 Å². The molecular weight excluding hydrogens is 408 g/mol. The third-order valence-corrected chi connectivity index (χ3v) is 5.21. The molecule has 0 bridgehead atoms. The number of carbonyl (C=O) groups is 1. The van der Waals surface area contributed by atoms with Crippen molar-refractivity contribution in [2.45, 2.75) is 26.4 Å². The molecule has 0 atom stereocenters. The predicted molar refractivity (Wildman–Crippen MR) is 123 cm³/mol. The van der Waals surface area contributed by atoms with Crippen LogP contribution in [0.5, 0.6) is 17.2 Å². The molecule has 6 N–H and O–H groups in total. The van der Waals surface area contributed by atoms with E-state index in [4.69, 9.17) is 20.6 Å². The van der Waals surface area contributed by atoms with Crippen molar-refractivity contribution in [3.63, 3.8) is 0 Å². The first-order valence-corrected chi connectivity index (χ1v) is 10.3. The number of hydrogen-bond acceptors (Lipinski definition) is 7. The number of phenols is 2. The minimum absolute atomic E-state index is 0.0117. The highest BCUT2D eigenvalue weighted by atomic mass is 16.5. The number of rotatable bonds is 7. The molecule has 0 unspecified atom stereocenters. The van der Waals surface area contributed by atoms with Gasteiger partial charge in [0.2, 0.25) is 0 Å². The molecule has 0 spiro atoms. The number of ketones is 1. The quantitative estimate of drug-likeness (QED) is 0.188. The Morgan fingerprint density at radius 3 is 2.38 bits per heavy atom.